The largest absolute Gasteiger partial charge is 0.306 e. The molecule has 1 aromatic carbocycles. The van der Waals surface area contributed by atoms with Crippen molar-refractivity contribution in [1.82, 2.24) is 5.32 Å². The van der Waals surface area contributed by atoms with Gasteiger partial charge in [-0.1, -0.05) is 58.2 Å². The third-order valence-corrected chi connectivity index (χ3v) is 5.52. The molecule has 0 amide bonds. The highest BCUT2D eigenvalue weighted by Gasteiger charge is 2.19. The zero-order valence-electron chi connectivity index (χ0n) is 11.3. The fourth-order valence-electron chi connectivity index (χ4n) is 2.09. The van der Waals surface area contributed by atoms with Crippen molar-refractivity contribution in [1.29, 1.82) is 0 Å². The standard InChI is InChI=1S/C15H16BrCl2NS/c1-3-6-19-14(11-8-13(17)20-15(11)18)10-4-5-12(16)9(2)7-10/h4-5,7-8,14,19H,3,6H2,1-2H3. The maximum absolute atomic E-state index is 6.32. The van der Waals surface area contributed by atoms with E-state index in [-0.39, 0.29) is 6.04 Å². The molecular weight excluding hydrogens is 377 g/mol. The van der Waals surface area contributed by atoms with Crippen LogP contribution in [0.3, 0.4) is 0 Å². The van der Waals surface area contributed by atoms with Crippen molar-refractivity contribution in [3.63, 3.8) is 0 Å². The second-order valence-corrected chi connectivity index (χ2v) is 7.82. The molecule has 1 unspecified atom stereocenters. The smallest absolute Gasteiger partial charge is 0.0995 e. The van der Waals surface area contributed by atoms with Crippen LogP contribution in [0.4, 0.5) is 0 Å². The highest BCUT2D eigenvalue weighted by molar-refractivity contribution is 9.10. The molecule has 0 fully saturated rings. The van der Waals surface area contributed by atoms with Gasteiger partial charge in [0.15, 0.2) is 0 Å². The van der Waals surface area contributed by atoms with Gasteiger partial charge in [0.25, 0.3) is 0 Å². The van der Waals surface area contributed by atoms with Crippen LogP contribution in [0.2, 0.25) is 8.67 Å². The van der Waals surface area contributed by atoms with E-state index in [1.54, 1.807) is 0 Å². The first-order valence-corrected chi connectivity index (χ1v) is 8.83. The maximum atomic E-state index is 6.32. The SMILES string of the molecule is CCCNC(c1ccc(Br)c(C)c1)c1cc(Cl)sc1Cl. The van der Waals surface area contributed by atoms with Crippen LogP contribution in [-0.4, -0.2) is 6.54 Å². The Labute approximate surface area is 142 Å². The number of thiophene rings is 1. The Morgan fingerprint density at radius 2 is 2.05 bits per heavy atom. The molecule has 2 aromatic rings. The minimum absolute atomic E-state index is 0.0815. The molecule has 1 aromatic heterocycles. The molecule has 5 heteroatoms. The lowest BCUT2D eigenvalue weighted by Gasteiger charge is -2.19. The average Bonchev–Trinajstić information content (AvgIpc) is 2.73. The minimum Gasteiger partial charge on any atom is -0.306 e. The molecule has 0 aliphatic heterocycles. The molecule has 0 aliphatic rings. The molecule has 1 heterocycles. The summed E-state index contributed by atoms with van der Waals surface area (Å²) in [6.45, 7) is 5.18. The molecule has 2 rings (SSSR count). The summed E-state index contributed by atoms with van der Waals surface area (Å²) in [5, 5.41) is 3.55. The van der Waals surface area contributed by atoms with Gasteiger partial charge in [0.1, 0.15) is 0 Å². The number of benzene rings is 1. The lowest BCUT2D eigenvalue weighted by atomic mass is 9.99. The average molecular weight is 393 g/mol. The molecule has 0 radical (unpaired) electrons. The van der Waals surface area contributed by atoms with E-state index in [0.29, 0.717) is 0 Å². The number of halogens is 3. The molecule has 0 saturated carbocycles. The van der Waals surface area contributed by atoms with Crippen molar-refractivity contribution < 1.29 is 0 Å². The van der Waals surface area contributed by atoms with E-state index in [0.717, 1.165) is 31.7 Å². The van der Waals surface area contributed by atoms with Crippen LogP contribution in [0, 0.1) is 6.92 Å². The van der Waals surface area contributed by atoms with Crippen LogP contribution in [0.5, 0.6) is 0 Å². The van der Waals surface area contributed by atoms with Crippen LogP contribution in [0.15, 0.2) is 28.7 Å². The quantitative estimate of drug-likeness (QED) is 0.637. The van der Waals surface area contributed by atoms with E-state index >= 15 is 0 Å². The highest BCUT2D eigenvalue weighted by Crippen LogP contribution is 2.38. The minimum atomic E-state index is 0.0815. The van der Waals surface area contributed by atoms with Crippen LogP contribution >= 0.6 is 50.5 Å². The van der Waals surface area contributed by atoms with Gasteiger partial charge >= 0.3 is 0 Å². The zero-order chi connectivity index (χ0) is 14.7. The first-order chi connectivity index (χ1) is 9.52. The molecule has 1 nitrogen and oxygen atoms in total. The second-order valence-electron chi connectivity index (χ2n) is 4.68. The van der Waals surface area contributed by atoms with Crippen molar-refractivity contribution in [2.75, 3.05) is 6.54 Å². The zero-order valence-corrected chi connectivity index (χ0v) is 15.3. The van der Waals surface area contributed by atoms with Crippen LogP contribution in [0.25, 0.3) is 0 Å². The fourth-order valence-corrected chi connectivity index (χ4v) is 3.87. The monoisotopic (exact) mass is 391 g/mol. The summed E-state index contributed by atoms with van der Waals surface area (Å²) in [7, 11) is 0. The van der Waals surface area contributed by atoms with Crippen molar-refractivity contribution in [2.45, 2.75) is 26.3 Å². The van der Waals surface area contributed by atoms with E-state index in [4.69, 9.17) is 23.2 Å². The van der Waals surface area contributed by atoms with Gasteiger partial charge in [0.2, 0.25) is 0 Å². The molecule has 0 aliphatic carbocycles. The molecule has 20 heavy (non-hydrogen) atoms. The van der Waals surface area contributed by atoms with Gasteiger partial charge in [-0.15, -0.1) is 11.3 Å². The van der Waals surface area contributed by atoms with Gasteiger partial charge in [-0.25, -0.2) is 0 Å². The van der Waals surface area contributed by atoms with E-state index in [2.05, 4.69) is 53.3 Å². The Kier molecular flexibility index (Phi) is 5.94. The van der Waals surface area contributed by atoms with E-state index < -0.39 is 0 Å². The van der Waals surface area contributed by atoms with Crippen LogP contribution in [0.1, 0.15) is 36.1 Å². The fraction of sp³-hybridized carbons (Fsp3) is 0.333. The summed E-state index contributed by atoms with van der Waals surface area (Å²) >= 11 is 17.4. The number of hydrogen-bond donors (Lipinski definition) is 1. The Morgan fingerprint density at radius 3 is 2.60 bits per heavy atom. The summed E-state index contributed by atoms with van der Waals surface area (Å²) in [5.41, 5.74) is 3.47. The Morgan fingerprint density at radius 1 is 1.30 bits per heavy atom. The van der Waals surface area contributed by atoms with Gasteiger partial charge in [0.05, 0.1) is 14.7 Å². The molecule has 1 atom stereocenters. The van der Waals surface area contributed by atoms with Crippen molar-refractivity contribution >= 4 is 50.5 Å². The predicted octanol–water partition coefficient (Wildman–Crippen LogP) is 6.21. The Hall–Kier alpha value is -0.0600. The lowest BCUT2D eigenvalue weighted by Crippen LogP contribution is -2.23. The molecule has 1 N–H and O–H groups in total. The van der Waals surface area contributed by atoms with Gasteiger partial charge in [-0.05, 0) is 43.1 Å². The summed E-state index contributed by atoms with van der Waals surface area (Å²) < 4.78 is 2.59. The number of aryl methyl sites for hydroxylation is 1. The first-order valence-electron chi connectivity index (χ1n) is 6.47. The first kappa shape index (κ1) is 16.3. The van der Waals surface area contributed by atoms with Gasteiger partial charge in [0, 0.05) is 10.0 Å². The summed E-state index contributed by atoms with van der Waals surface area (Å²) in [6, 6.07) is 8.41. The predicted molar refractivity (Wildman–Crippen MR) is 93.4 cm³/mol. The van der Waals surface area contributed by atoms with E-state index in [1.807, 2.05) is 6.07 Å². The molecule has 0 saturated heterocycles. The van der Waals surface area contributed by atoms with Crippen molar-refractivity contribution in [3.05, 3.63) is 54.1 Å². The van der Waals surface area contributed by atoms with Crippen molar-refractivity contribution in [2.24, 2.45) is 0 Å². The van der Waals surface area contributed by atoms with Crippen LogP contribution < -0.4 is 5.32 Å². The molecule has 0 spiro atoms. The lowest BCUT2D eigenvalue weighted by molar-refractivity contribution is 0.600. The van der Waals surface area contributed by atoms with Gasteiger partial charge in [-0.2, -0.15) is 0 Å². The second kappa shape index (κ2) is 7.28. The summed E-state index contributed by atoms with van der Waals surface area (Å²) in [4.78, 5) is 0. The number of hydrogen-bond acceptors (Lipinski definition) is 2. The van der Waals surface area contributed by atoms with Crippen molar-refractivity contribution in [3.8, 4) is 0 Å². The third-order valence-electron chi connectivity index (χ3n) is 3.11. The topological polar surface area (TPSA) is 12.0 Å². The molecular formula is C15H16BrCl2NS. The normalized spacial score (nSPS) is 12.7. The van der Waals surface area contributed by atoms with Gasteiger partial charge < -0.3 is 5.32 Å². The maximum Gasteiger partial charge on any atom is 0.0995 e. The summed E-state index contributed by atoms with van der Waals surface area (Å²) in [5.74, 6) is 0. The van der Waals surface area contributed by atoms with E-state index in [9.17, 15) is 0 Å². The van der Waals surface area contributed by atoms with Crippen LogP contribution in [-0.2, 0) is 0 Å². The third kappa shape index (κ3) is 3.77. The Bertz CT molecular complexity index is 598. The number of rotatable bonds is 5. The Balaban J connectivity index is 2.41. The van der Waals surface area contributed by atoms with Gasteiger partial charge in [-0.3, -0.25) is 0 Å². The van der Waals surface area contributed by atoms with E-state index in [1.165, 1.54) is 22.5 Å². The molecule has 108 valence electrons. The highest BCUT2D eigenvalue weighted by atomic mass is 79.9. The number of nitrogens with one attached hydrogen (secondary N) is 1. The summed E-state index contributed by atoms with van der Waals surface area (Å²) in [6.07, 6.45) is 1.07. The molecule has 0 bridgehead atoms.